The van der Waals surface area contributed by atoms with E-state index in [1.165, 1.54) is 0 Å². The standard InChI is InChI=1S/C11H18F2O/c1-9(2,3)4-10-5-11(6-10,8(12)13)14-7-10/h8H,4-7H2,1-3H3. The number of ether oxygens (including phenoxy) is 1. The molecular weight excluding hydrogens is 186 g/mol. The van der Waals surface area contributed by atoms with Gasteiger partial charge in [-0.2, -0.15) is 0 Å². The van der Waals surface area contributed by atoms with E-state index in [1.807, 2.05) is 0 Å². The van der Waals surface area contributed by atoms with Crippen LogP contribution in [0.25, 0.3) is 0 Å². The van der Waals surface area contributed by atoms with Crippen molar-refractivity contribution >= 4 is 0 Å². The van der Waals surface area contributed by atoms with Gasteiger partial charge < -0.3 is 4.74 Å². The second-order valence-electron chi connectivity index (χ2n) is 6.25. The van der Waals surface area contributed by atoms with E-state index in [-0.39, 0.29) is 10.8 Å². The second kappa shape index (κ2) is 2.69. The molecule has 2 heterocycles. The maximum atomic E-state index is 12.6. The smallest absolute Gasteiger partial charge is 0.267 e. The van der Waals surface area contributed by atoms with E-state index in [1.54, 1.807) is 0 Å². The van der Waals surface area contributed by atoms with Gasteiger partial charge in [0, 0.05) is 5.41 Å². The lowest BCUT2D eigenvalue weighted by Gasteiger charge is -2.46. The van der Waals surface area contributed by atoms with Crippen LogP contribution in [0.2, 0.25) is 0 Å². The number of hydrogen-bond donors (Lipinski definition) is 0. The fourth-order valence-corrected chi connectivity index (χ4v) is 3.24. The lowest BCUT2D eigenvalue weighted by Crippen LogP contribution is -2.50. The van der Waals surface area contributed by atoms with Crippen molar-refractivity contribution in [3.8, 4) is 0 Å². The first kappa shape index (κ1) is 10.3. The van der Waals surface area contributed by atoms with Crippen molar-refractivity contribution in [2.45, 2.75) is 52.1 Å². The van der Waals surface area contributed by atoms with Gasteiger partial charge in [0.15, 0.2) is 0 Å². The average Bonchev–Trinajstić information content (AvgIpc) is 2.37. The van der Waals surface area contributed by atoms with Crippen LogP contribution in [-0.2, 0) is 4.74 Å². The van der Waals surface area contributed by atoms with Crippen LogP contribution < -0.4 is 0 Å². The Balaban J connectivity index is 2.01. The Morgan fingerprint density at radius 3 is 2.21 bits per heavy atom. The molecule has 3 heteroatoms. The highest BCUT2D eigenvalue weighted by Crippen LogP contribution is 2.63. The summed E-state index contributed by atoms with van der Waals surface area (Å²) >= 11 is 0. The van der Waals surface area contributed by atoms with Crippen LogP contribution in [0.3, 0.4) is 0 Å². The minimum Gasteiger partial charge on any atom is -0.368 e. The van der Waals surface area contributed by atoms with Gasteiger partial charge in [0.2, 0.25) is 0 Å². The van der Waals surface area contributed by atoms with Crippen molar-refractivity contribution in [3.63, 3.8) is 0 Å². The van der Waals surface area contributed by atoms with Gasteiger partial charge >= 0.3 is 0 Å². The zero-order chi connectivity index (χ0) is 10.6. The molecule has 0 radical (unpaired) electrons. The molecule has 3 fully saturated rings. The summed E-state index contributed by atoms with van der Waals surface area (Å²) < 4.78 is 30.6. The van der Waals surface area contributed by atoms with Gasteiger partial charge in [0.05, 0.1) is 6.61 Å². The molecule has 1 nitrogen and oxygen atoms in total. The summed E-state index contributed by atoms with van der Waals surface area (Å²) in [7, 11) is 0. The average molecular weight is 204 g/mol. The van der Waals surface area contributed by atoms with Crippen molar-refractivity contribution in [1.29, 1.82) is 0 Å². The quantitative estimate of drug-likeness (QED) is 0.671. The fourth-order valence-electron chi connectivity index (χ4n) is 3.24. The molecule has 1 aliphatic carbocycles. The molecule has 0 aromatic rings. The first-order chi connectivity index (χ1) is 6.27. The number of alkyl halides is 2. The Kier molecular flexibility index (Phi) is 1.98. The van der Waals surface area contributed by atoms with Crippen LogP contribution in [0.1, 0.15) is 40.0 Å². The van der Waals surface area contributed by atoms with E-state index >= 15 is 0 Å². The summed E-state index contributed by atoms with van der Waals surface area (Å²) in [5.74, 6) is 0. The molecule has 0 N–H and O–H groups in total. The summed E-state index contributed by atoms with van der Waals surface area (Å²) in [6.45, 7) is 7.00. The van der Waals surface area contributed by atoms with Gasteiger partial charge in [0.25, 0.3) is 6.43 Å². The molecule has 0 spiro atoms. The summed E-state index contributed by atoms with van der Waals surface area (Å²) in [6, 6.07) is 0. The topological polar surface area (TPSA) is 9.23 Å². The van der Waals surface area contributed by atoms with Crippen LogP contribution in [-0.4, -0.2) is 18.6 Å². The van der Waals surface area contributed by atoms with E-state index in [9.17, 15) is 8.78 Å². The number of fused-ring (bicyclic) bond motifs is 1. The first-order valence-corrected chi connectivity index (χ1v) is 5.19. The van der Waals surface area contributed by atoms with Gasteiger partial charge in [-0.05, 0) is 24.7 Å². The zero-order valence-electron chi connectivity index (χ0n) is 9.07. The number of rotatable bonds is 2. The minimum absolute atomic E-state index is 0.0642. The highest BCUT2D eigenvalue weighted by atomic mass is 19.3. The van der Waals surface area contributed by atoms with Gasteiger partial charge in [0.1, 0.15) is 5.60 Å². The third-order valence-corrected chi connectivity index (χ3v) is 3.32. The lowest BCUT2D eigenvalue weighted by atomic mass is 9.57. The summed E-state index contributed by atoms with van der Waals surface area (Å²) in [4.78, 5) is 0. The van der Waals surface area contributed by atoms with Crippen LogP contribution >= 0.6 is 0 Å². The van der Waals surface area contributed by atoms with Crippen LogP contribution in [0.5, 0.6) is 0 Å². The SMILES string of the molecule is CC(C)(C)CC12COC(C(F)F)(C1)C2. The molecule has 0 aromatic carbocycles. The fraction of sp³-hybridized carbons (Fsp3) is 1.00. The van der Waals surface area contributed by atoms with Crippen molar-refractivity contribution in [2.75, 3.05) is 6.61 Å². The predicted molar refractivity (Wildman–Crippen MR) is 50.4 cm³/mol. The van der Waals surface area contributed by atoms with E-state index < -0.39 is 12.0 Å². The van der Waals surface area contributed by atoms with Gasteiger partial charge in [-0.15, -0.1) is 0 Å². The molecule has 2 saturated heterocycles. The number of hydrogen-bond acceptors (Lipinski definition) is 1. The summed E-state index contributed by atoms with van der Waals surface area (Å²) in [5, 5.41) is 0. The van der Waals surface area contributed by atoms with Gasteiger partial charge in [-0.3, -0.25) is 0 Å². The lowest BCUT2D eigenvalue weighted by molar-refractivity contribution is -0.132. The summed E-state index contributed by atoms with van der Waals surface area (Å²) in [6.07, 6.45) is -0.184. The first-order valence-electron chi connectivity index (χ1n) is 5.19. The summed E-state index contributed by atoms with van der Waals surface area (Å²) in [5.41, 5.74) is -0.790. The molecule has 3 aliphatic rings. The van der Waals surface area contributed by atoms with Gasteiger partial charge in [-0.25, -0.2) is 8.78 Å². The van der Waals surface area contributed by atoms with Crippen LogP contribution in [0, 0.1) is 10.8 Å². The van der Waals surface area contributed by atoms with E-state index in [0.717, 1.165) is 6.42 Å². The molecule has 1 saturated carbocycles. The predicted octanol–water partition coefficient (Wildman–Crippen LogP) is 3.24. The van der Waals surface area contributed by atoms with Crippen LogP contribution in [0.4, 0.5) is 8.78 Å². The maximum absolute atomic E-state index is 12.6. The van der Waals surface area contributed by atoms with Crippen molar-refractivity contribution in [3.05, 3.63) is 0 Å². The molecule has 0 amide bonds. The minimum atomic E-state index is -2.31. The highest BCUT2D eigenvalue weighted by Gasteiger charge is 2.67. The van der Waals surface area contributed by atoms with E-state index in [2.05, 4.69) is 20.8 Å². The maximum Gasteiger partial charge on any atom is 0.267 e. The van der Waals surface area contributed by atoms with Crippen molar-refractivity contribution in [1.82, 2.24) is 0 Å². The molecule has 82 valence electrons. The Labute approximate surface area is 83.8 Å². The Hall–Kier alpha value is -0.180. The molecule has 0 unspecified atom stereocenters. The number of halogens is 2. The molecular formula is C11H18F2O. The molecule has 2 bridgehead atoms. The third-order valence-electron chi connectivity index (χ3n) is 3.32. The van der Waals surface area contributed by atoms with Crippen LogP contribution in [0.15, 0.2) is 0 Å². The zero-order valence-corrected chi connectivity index (χ0v) is 9.07. The Morgan fingerprint density at radius 2 is 1.86 bits per heavy atom. The largest absolute Gasteiger partial charge is 0.368 e. The van der Waals surface area contributed by atoms with Crippen molar-refractivity contribution < 1.29 is 13.5 Å². The van der Waals surface area contributed by atoms with E-state index in [0.29, 0.717) is 19.4 Å². The monoisotopic (exact) mass is 204 g/mol. The Bertz CT molecular complexity index is 236. The second-order valence-corrected chi connectivity index (χ2v) is 6.25. The molecule has 14 heavy (non-hydrogen) atoms. The van der Waals surface area contributed by atoms with Crippen molar-refractivity contribution in [2.24, 2.45) is 10.8 Å². The molecule has 3 rings (SSSR count). The molecule has 0 aromatic heterocycles. The third kappa shape index (κ3) is 1.46. The highest BCUT2D eigenvalue weighted by molar-refractivity contribution is 5.13. The Morgan fingerprint density at radius 1 is 1.29 bits per heavy atom. The van der Waals surface area contributed by atoms with Gasteiger partial charge in [-0.1, -0.05) is 20.8 Å². The molecule has 0 atom stereocenters. The molecule has 2 aliphatic heterocycles. The normalized spacial score (nSPS) is 41.6. The van der Waals surface area contributed by atoms with E-state index in [4.69, 9.17) is 4.74 Å².